The molecular weight excluding hydrogens is 246 g/mol. The van der Waals surface area contributed by atoms with Crippen LogP contribution in [0.3, 0.4) is 0 Å². The molecule has 1 heterocycles. The van der Waals surface area contributed by atoms with E-state index in [1.54, 1.807) is 12.4 Å². The highest BCUT2D eigenvalue weighted by atomic mass is 35.5. The van der Waals surface area contributed by atoms with E-state index in [9.17, 15) is 0 Å². The van der Waals surface area contributed by atoms with Gasteiger partial charge >= 0.3 is 0 Å². The fraction of sp³-hybridized carbons (Fsp3) is 0.267. The quantitative estimate of drug-likeness (QED) is 0.742. The predicted molar refractivity (Wildman–Crippen MR) is 74.4 cm³/mol. The van der Waals surface area contributed by atoms with Crippen molar-refractivity contribution in [3.63, 3.8) is 0 Å². The number of pyridine rings is 1. The maximum Gasteiger partial charge on any atom is 0.146 e. The second-order valence-corrected chi connectivity index (χ2v) is 4.72. The lowest BCUT2D eigenvalue weighted by atomic mass is 10.0. The zero-order valence-corrected chi connectivity index (χ0v) is 11.3. The van der Waals surface area contributed by atoms with Gasteiger partial charge in [-0.05, 0) is 29.2 Å². The van der Waals surface area contributed by atoms with Crippen LogP contribution < -0.4 is 4.74 Å². The molecule has 0 spiro atoms. The summed E-state index contributed by atoms with van der Waals surface area (Å²) in [7, 11) is 0. The molecule has 0 bridgehead atoms. The molecule has 0 aliphatic rings. The second kappa shape index (κ2) is 5.87. The normalized spacial score (nSPS) is 10.7. The van der Waals surface area contributed by atoms with E-state index in [1.807, 2.05) is 24.3 Å². The van der Waals surface area contributed by atoms with Gasteiger partial charge in [-0.2, -0.15) is 0 Å². The molecule has 0 unspecified atom stereocenters. The Balaban J connectivity index is 2.28. The molecule has 18 heavy (non-hydrogen) atoms. The number of nitrogens with zero attached hydrogens (tertiary/aromatic N) is 1. The smallest absolute Gasteiger partial charge is 0.146 e. The number of alkyl halides is 1. The SMILES string of the molecule is CC(C)c1ccccc1Oc1cncc(CCl)c1. The summed E-state index contributed by atoms with van der Waals surface area (Å²) in [6, 6.07) is 9.97. The Bertz CT molecular complexity index is 525. The molecule has 0 N–H and O–H groups in total. The van der Waals surface area contributed by atoms with E-state index in [1.165, 1.54) is 5.56 Å². The lowest BCUT2D eigenvalue weighted by Gasteiger charge is -2.13. The van der Waals surface area contributed by atoms with E-state index in [0.717, 1.165) is 17.1 Å². The number of aromatic nitrogens is 1. The summed E-state index contributed by atoms with van der Waals surface area (Å²) >= 11 is 5.79. The summed E-state index contributed by atoms with van der Waals surface area (Å²) in [5, 5.41) is 0. The first-order chi connectivity index (χ1) is 8.70. The lowest BCUT2D eigenvalue weighted by molar-refractivity contribution is 0.470. The minimum atomic E-state index is 0.422. The first-order valence-electron chi connectivity index (χ1n) is 5.97. The van der Waals surface area contributed by atoms with Crippen LogP contribution in [0, 0.1) is 0 Å². The van der Waals surface area contributed by atoms with Gasteiger partial charge in [0.15, 0.2) is 0 Å². The average Bonchev–Trinajstić information content (AvgIpc) is 2.39. The Morgan fingerprint density at radius 1 is 1.22 bits per heavy atom. The van der Waals surface area contributed by atoms with Crippen LogP contribution in [0.15, 0.2) is 42.7 Å². The van der Waals surface area contributed by atoms with E-state index in [2.05, 4.69) is 24.9 Å². The van der Waals surface area contributed by atoms with Crippen molar-refractivity contribution in [1.82, 2.24) is 4.98 Å². The van der Waals surface area contributed by atoms with Crippen molar-refractivity contribution in [2.75, 3.05) is 0 Å². The highest BCUT2D eigenvalue weighted by Gasteiger charge is 2.08. The number of rotatable bonds is 4. The average molecular weight is 262 g/mol. The van der Waals surface area contributed by atoms with E-state index in [-0.39, 0.29) is 0 Å². The van der Waals surface area contributed by atoms with Gasteiger partial charge in [0.05, 0.1) is 6.20 Å². The van der Waals surface area contributed by atoms with Gasteiger partial charge in [0.1, 0.15) is 11.5 Å². The van der Waals surface area contributed by atoms with Crippen LogP contribution in [0.5, 0.6) is 11.5 Å². The van der Waals surface area contributed by atoms with Crippen molar-refractivity contribution >= 4 is 11.6 Å². The summed E-state index contributed by atoms with van der Waals surface area (Å²) in [4.78, 5) is 4.12. The molecule has 0 fully saturated rings. The summed E-state index contributed by atoms with van der Waals surface area (Å²) in [5.74, 6) is 2.46. The molecular formula is C15H16ClNO. The van der Waals surface area contributed by atoms with Gasteiger partial charge < -0.3 is 4.74 Å². The maximum atomic E-state index is 5.89. The summed E-state index contributed by atoms with van der Waals surface area (Å²) in [5.41, 5.74) is 2.14. The predicted octanol–water partition coefficient (Wildman–Crippen LogP) is 4.74. The molecule has 3 heteroatoms. The Kier molecular flexibility index (Phi) is 4.21. The molecule has 2 nitrogen and oxygen atoms in total. The monoisotopic (exact) mass is 261 g/mol. The molecule has 0 amide bonds. The van der Waals surface area contributed by atoms with Crippen molar-refractivity contribution < 1.29 is 4.74 Å². The van der Waals surface area contributed by atoms with Gasteiger partial charge in [-0.25, -0.2) is 0 Å². The number of ether oxygens (including phenoxy) is 1. The van der Waals surface area contributed by atoms with E-state index in [4.69, 9.17) is 16.3 Å². The molecule has 0 saturated carbocycles. The Morgan fingerprint density at radius 3 is 2.72 bits per heavy atom. The standard InChI is InChI=1S/C15H16ClNO/c1-11(2)14-5-3-4-6-15(14)18-13-7-12(8-16)9-17-10-13/h3-7,9-11H,8H2,1-2H3. The molecule has 2 rings (SSSR count). The molecule has 0 atom stereocenters. The number of benzene rings is 1. The van der Waals surface area contributed by atoms with Crippen molar-refractivity contribution in [2.24, 2.45) is 0 Å². The van der Waals surface area contributed by atoms with Crippen LogP contribution in [0.25, 0.3) is 0 Å². The fourth-order valence-corrected chi connectivity index (χ4v) is 1.92. The van der Waals surface area contributed by atoms with Crippen molar-refractivity contribution in [3.05, 3.63) is 53.9 Å². The van der Waals surface area contributed by atoms with Crippen LogP contribution in [0.2, 0.25) is 0 Å². The molecule has 0 saturated heterocycles. The van der Waals surface area contributed by atoms with Crippen LogP contribution in [0.1, 0.15) is 30.9 Å². The zero-order chi connectivity index (χ0) is 13.0. The second-order valence-electron chi connectivity index (χ2n) is 4.46. The van der Waals surface area contributed by atoms with E-state index < -0.39 is 0 Å². The van der Waals surface area contributed by atoms with Crippen molar-refractivity contribution in [3.8, 4) is 11.5 Å². The Hall–Kier alpha value is -1.54. The first-order valence-corrected chi connectivity index (χ1v) is 6.51. The molecule has 0 radical (unpaired) electrons. The molecule has 94 valence electrons. The summed E-state index contributed by atoms with van der Waals surface area (Å²) in [6.45, 7) is 4.30. The maximum absolute atomic E-state index is 5.89. The number of para-hydroxylation sites is 1. The van der Waals surface area contributed by atoms with Crippen LogP contribution in [-0.4, -0.2) is 4.98 Å². The first kappa shape index (κ1) is 12.9. The minimum Gasteiger partial charge on any atom is -0.455 e. The molecule has 2 aromatic rings. The Labute approximate surface area is 113 Å². The van der Waals surface area contributed by atoms with Gasteiger partial charge in [0, 0.05) is 12.1 Å². The van der Waals surface area contributed by atoms with Gasteiger partial charge in [-0.15, -0.1) is 11.6 Å². The lowest BCUT2D eigenvalue weighted by Crippen LogP contribution is -1.94. The van der Waals surface area contributed by atoms with Crippen LogP contribution in [0.4, 0.5) is 0 Å². The Morgan fingerprint density at radius 2 is 2.00 bits per heavy atom. The van der Waals surface area contributed by atoms with Gasteiger partial charge in [-0.3, -0.25) is 4.98 Å². The summed E-state index contributed by atoms with van der Waals surface area (Å²) in [6.07, 6.45) is 3.45. The fourth-order valence-electron chi connectivity index (χ4n) is 1.77. The van der Waals surface area contributed by atoms with E-state index >= 15 is 0 Å². The van der Waals surface area contributed by atoms with E-state index in [0.29, 0.717) is 11.8 Å². The van der Waals surface area contributed by atoms with Gasteiger partial charge in [-0.1, -0.05) is 32.0 Å². The minimum absolute atomic E-state index is 0.422. The van der Waals surface area contributed by atoms with Crippen molar-refractivity contribution in [2.45, 2.75) is 25.6 Å². The number of hydrogen-bond donors (Lipinski definition) is 0. The van der Waals surface area contributed by atoms with Gasteiger partial charge in [0.25, 0.3) is 0 Å². The highest BCUT2D eigenvalue weighted by molar-refractivity contribution is 6.17. The molecule has 1 aromatic carbocycles. The number of halogens is 1. The van der Waals surface area contributed by atoms with Crippen molar-refractivity contribution in [1.29, 1.82) is 0 Å². The molecule has 0 aliphatic heterocycles. The third-order valence-corrected chi connectivity index (χ3v) is 3.00. The van der Waals surface area contributed by atoms with Crippen LogP contribution in [-0.2, 0) is 5.88 Å². The van der Waals surface area contributed by atoms with Crippen LogP contribution >= 0.6 is 11.6 Å². The largest absolute Gasteiger partial charge is 0.455 e. The topological polar surface area (TPSA) is 22.1 Å². The highest BCUT2D eigenvalue weighted by Crippen LogP contribution is 2.30. The third-order valence-electron chi connectivity index (χ3n) is 2.69. The third kappa shape index (κ3) is 3.02. The zero-order valence-electron chi connectivity index (χ0n) is 10.6. The molecule has 0 aliphatic carbocycles. The van der Waals surface area contributed by atoms with Gasteiger partial charge in [0.2, 0.25) is 0 Å². The molecule has 1 aromatic heterocycles. The number of hydrogen-bond acceptors (Lipinski definition) is 2. The summed E-state index contributed by atoms with van der Waals surface area (Å²) < 4.78 is 5.89.